The third-order valence-electron chi connectivity index (χ3n) is 2.68. The Morgan fingerprint density at radius 1 is 1.25 bits per heavy atom. The summed E-state index contributed by atoms with van der Waals surface area (Å²) in [5, 5.41) is 10.3. The Kier molecular flexibility index (Phi) is 3.22. The van der Waals surface area contributed by atoms with Gasteiger partial charge in [0, 0.05) is 5.69 Å². The Bertz CT molecular complexity index is 736. The van der Waals surface area contributed by atoms with Gasteiger partial charge >= 0.3 is 0 Å². The molecule has 0 aliphatic rings. The number of halogens is 1. The molecule has 0 saturated carbocycles. The highest BCUT2D eigenvalue weighted by Crippen LogP contribution is 2.19. The predicted octanol–water partition coefficient (Wildman–Crippen LogP) is 2.77. The van der Waals surface area contributed by atoms with E-state index in [0.29, 0.717) is 11.3 Å². The fourth-order valence-corrected chi connectivity index (χ4v) is 1.93. The summed E-state index contributed by atoms with van der Waals surface area (Å²) in [6.07, 6.45) is 4.52. The lowest BCUT2D eigenvalue weighted by Crippen LogP contribution is -2.11. The summed E-state index contributed by atoms with van der Waals surface area (Å²) in [5.74, 6) is -0.329. The molecule has 0 atom stereocenters. The number of rotatable bonds is 3. The van der Waals surface area contributed by atoms with Gasteiger partial charge in [-0.05, 0) is 35.9 Å². The molecule has 0 spiro atoms. The largest absolute Gasteiger partial charge is 0.452 e. The van der Waals surface area contributed by atoms with Crippen LogP contribution in [0.1, 0.15) is 10.4 Å². The first-order valence-corrected chi connectivity index (χ1v) is 6.11. The molecule has 0 bridgehead atoms. The molecule has 3 aromatic rings. The lowest BCUT2D eigenvalue weighted by atomic mass is 10.2. The number of carbonyl (C=O) groups excluding carboxylic acids is 1. The van der Waals surface area contributed by atoms with E-state index in [2.05, 4.69) is 15.5 Å². The Morgan fingerprint density at radius 2 is 2.05 bits per heavy atom. The van der Waals surface area contributed by atoms with E-state index in [0.717, 1.165) is 5.69 Å². The normalized spacial score (nSPS) is 10.4. The molecule has 0 aliphatic heterocycles. The van der Waals surface area contributed by atoms with Crippen molar-refractivity contribution in [3.63, 3.8) is 0 Å². The monoisotopic (exact) mass is 288 g/mol. The van der Waals surface area contributed by atoms with Crippen LogP contribution >= 0.6 is 11.6 Å². The fraction of sp³-hybridized carbons (Fsp3) is 0. The number of amides is 1. The summed E-state index contributed by atoms with van der Waals surface area (Å²) in [4.78, 5) is 12.0. The number of furan rings is 1. The molecule has 20 heavy (non-hydrogen) atoms. The maximum absolute atomic E-state index is 12.0. The summed E-state index contributed by atoms with van der Waals surface area (Å²) >= 11 is 5.77. The summed E-state index contributed by atoms with van der Waals surface area (Å²) in [5.41, 5.74) is 1.77. The molecule has 1 N–H and O–H groups in total. The molecule has 100 valence electrons. The molecule has 0 aliphatic carbocycles. The number of anilines is 1. The highest BCUT2D eigenvalue weighted by atomic mass is 35.5. The van der Waals surface area contributed by atoms with Crippen molar-refractivity contribution in [2.45, 2.75) is 0 Å². The van der Waals surface area contributed by atoms with Gasteiger partial charge in [0.05, 0.1) is 17.5 Å². The molecule has 0 unspecified atom stereocenters. The zero-order valence-electron chi connectivity index (χ0n) is 10.2. The van der Waals surface area contributed by atoms with Gasteiger partial charge in [-0.15, -0.1) is 10.2 Å². The van der Waals surface area contributed by atoms with Crippen LogP contribution in [0.2, 0.25) is 5.22 Å². The van der Waals surface area contributed by atoms with E-state index in [-0.39, 0.29) is 11.1 Å². The fourth-order valence-electron chi connectivity index (χ4n) is 1.73. The van der Waals surface area contributed by atoms with Crippen LogP contribution in [0.25, 0.3) is 5.69 Å². The second-order valence-electron chi connectivity index (χ2n) is 3.98. The lowest BCUT2D eigenvalue weighted by Gasteiger charge is -2.06. The Morgan fingerprint density at radius 3 is 2.75 bits per heavy atom. The first-order chi connectivity index (χ1) is 9.74. The van der Waals surface area contributed by atoms with Gasteiger partial charge in [-0.2, -0.15) is 0 Å². The lowest BCUT2D eigenvalue weighted by molar-refractivity contribution is 0.102. The molecule has 0 saturated heterocycles. The molecule has 1 amide bonds. The van der Waals surface area contributed by atoms with Gasteiger partial charge < -0.3 is 9.73 Å². The zero-order valence-corrected chi connectivity index (χ0v) is 10.9. The quantitative estimate of drug-likeness (QED) is 0.804. The minimum atomic E-state index is -0.329. The third-order valence-corrected chi connectivity index (χ3v) is 2.98. The molecular weight excluding hydrogens is 280 g/mol. The van der Waals surface area contributed by atoms with Gasteiger partial charge in [-0.3, -0.25) is 9.36 Å². The number of nitrogens with one attached hydrogen (secondary N) is 1. The van der Waals surface area contributed by atoms with Gasteiger partial charge in [0.2, 0.25) is 5.22 Å². The first-order valence-electron chi connectivity index (χ1n) is 5.73. The van der Waals surface area contributed by atoms with Gasteiger partial charge in [0.1, 0.15) is 12.7 Å². The SMILES string of the molecule is O=C(Nc1cccc(-n2cnnc2)c1)c1ccoc1Cl. The van der Waals surface area contributed by atoms with Crippen LogP contribution in [0, 0.1) is 0 Å². The number of benzene rings is 1. The zero-order chi connectivity index (χ0) is 13.9. The number of nitrogens with zero attached hydrogens (tertiary/aromatic N) is 3. The molecule has 7 heteroatoms. The van der Waals surface area contributed by atoms with Crippen molar-refractivity contribution >= 4 is 23.2 Å². The van der Waals surface area contributed by atoms with Crippen LogP contribution < -0.4 is 5.32 Å². The summed E-state index contributed by atoms with van der Waals surface area (Å²) in [6, 6.07) is 8.79. The molecule has 6 nitrogen and oxygen atoms in total. The molecule has 1 aromatic carbocycles. The molecule has 2 heterocycles. The highest BCUT2D eigenvalue weighted by molar-refractivity contribution is 6.32. The maximum atomic E-state index is 12.0. The topological polar surface area (TPSA) is 73.0 Å². The van der Waals surface area contributed by atoms with Crippen molar-refractivity contribution < 1.29 is 9.21 Å². The summed E-state index contributed by atoms with van der Waals surface area (Å²) in [6.45, 7) is 0. The number of hydrogen-bond acceptors (Lipinski definition) is 4. The van der Waals surface area contributed by atoms with E-state index in [1.54, 1.807) is 29.4 Å². The maximum Gasteiger partial charge on any atom is 0.260 e. The Hall–Kier alpha value is -2.60. The van der Waals surface area contributed by atoms with E-state index in [9.17, 15) is 4.79 Å². The van der Waals surface area contributed by atoms with Crippen molar-refractivity contribution in [1.29, 1.82) is 0 Å². The molecule has 0 fully saturated rings. The van der Waals surface area contributed by atoms with Crippen molar-refractivity contribution in [1.82, 2.24) is 14.8 Å². The molecular formula is C13H9ClN4O2. The number of carbonyl (C=O) groups is 1. The first kappa shape index (κ1) is 12.4. The van der Waals surface area contributed by atoms with Crippen molar-refractivity contribution in [2.75, 3.05) is 5.32 Å². The predicted molar refractivity (Wildman–Crippen MR) is 73.0 cm³/mol. The van der Waals surface area contributed by atoms with Gasteiger partial charge in [-0.25, -0.2) is 0 Å². The van der Waals surface area contributed by atoms with E-state index in [1.807, 2.05) is 12.1 Å². The number of aromatic nitrogens is 3. The average molecular weight is 289 g/mol. The van der Waals surface area contributed by atoms with Crippen LogP contribution in [0.5, 0.6) is 0 Å². The van der Waals surface area contributed by atoms with E-state index >= 15 is 0 Å². The van der Waals surface area contributed by atoms with Crippen LogP contribution in [-0.2, 0) is 0 Å². The smallest absolute Gasteiger partial charge is 0.260 e. The van der Waals surface area contributed by atoms with E-state index < -0.39 is 0 Å². The summed E-state index contributed by atoms with van der Waals surface area (Å²) < 4.78 is 6.63. The van der Waals surface area contributed by atoms with E-state index in [4.69, 9.17) is 16.0 Å². The Balaban J connectivity index is 1.83. The van der Waals surface area contributed by atoms with Crippen LogP contribution in [0.4, 0.5) is 5.69 Å². The average Bonchev–Trinajstić information content (AvgIpc) is 3.09. The minimum absolute atomic E-state index is 0.0671. The third kappa shape index (κ3) is 2.41. The van der Waals surface area contributed by atoms with Crippen molar-refractivity contribution in [3.8, 4) is 5.69 Å². The Labute approximate surface area is 119 Å². The molecule has 0 radical (unpaired) electrons. The minimum Gasteiger partial charge on any atom is -0.452 e. The number of hydrogen-bond donors (Lipinski definition) is 1. The molecule has 2 aromatic heterocycles. The summed E-state index contributed by atoms with van der Waals surface area (Å²) in [7, 11) is 0. The molecule has 3 rings (SSSR count). The van der Waals surface area contributed by atoms with E-state index in [1.165, 1.54) is 12.3 Å². The highest BCUT2D eigenvalue weighted by Gasteiger charge is 2.13. The standard InChI is InChI=1S/C13H9ClN4O2/c14-12-11(4-5-20-12)13(19)17-9-2-1-3-10(6-9)18-7-15-16-8-18/h1-8H,(H,17,19). The van der Waals surface area contributed by atoms with Crippen molar-refractivity contribution in [2.24, 2.45) is 0 Å². The van der Waals surface area contributed by atoms with Gasteiger partial charge in [0.25, 0.3) is 5.91 Å². The van der Waals surface area contributed by atoms with Crippen molar-refractivity contribution in [3.05, 3.63) is 60.0 Å². The van der Waals surface area contributed by atoms with Crippen LogP contribution in [0.3, 0.4) is 0 Å². The second kappa shape index (κ2) is 5.18. The van der Waals surface area contributed by atoms with Crippen LogP contribution in [-0.4, -0.2) is 20.7 Å². The van der Waals surface area contributed by atoms with Gasteiger partial charge in [0.15, 0.2) is 0 Å². The van der Waals surface area contributed by atoms with Gasteiger partial charge in [-0.1, -0.05) is 6.07 Å². The van der Waals surface area contributed by atoms with Crippen LogP contribution in [0.15, 0.2) is 53.7 Å². The second-order valence-corrected chi connectivity index (χ2v) is 4.32.